The molecule has 0 spiro atoms. The van der Waals surface area contributed by atoms with Crippen molar-refractivity contribution in [3.63, 3.8) is 0 Å². The number of carbonyl (C=O) groups excluding carboxylic acids is 1. The number of hydrogen-bond donors (Lipinski definition) is 3. The van der Waals surface area contributed by atoms with E-state index in [0.717, 1.165) is 16.5 Å². The third-order valence-corrected chi connectivity index (χ3v) is 3.35. The first-order chi connectivity index (χ1) is 11.6. The van der Waals surface area contributed by atoms with Crippen LogP contribution in [0.1, 0.15) is 12.8 Å². The molecular weight excluding hydrogens is 306 g/mol. The Morgan fingerprint density at radius 1 is 1.17 bits per heavy atom. The van der Waals surface area contributed by atoms with Crippen LogP contribution in [-0.4, -0.2) is 23.5 Å². The van der Waals surface area contributed by atoms with E-state index >= 15 is 0 Å². The van der Waals surface area contributed by atoms with Crippen molar-refractivity contribution in [1.29, 1.82) is 5.26 Å². The van der Waals surface area contributed by atoms with Crippen molar-refractivity contribution < 1.29 is 14.7 Å². The van der Waals surface area contributed by atoms with E-state index in [1.807, 2.05) is 48.5 Å². The maximum Gasteiger partial charge on any atom is 0.303 e. The van der Waals surface area contributed by atoms with Gasteiger partial charge in [-0.2, -0.15) is 5.26 Å². The van der Waals surface area contributed by atoms with E-state index in [0.29, 0.717) is 6.42 Å². The van der Waals surface area contributed by atoms with Gasteiger partial charge in [0.1, 0.15) is 11.6 Å². The van der Waals surface area contributed by atoms with Crippen molar-refractivity contribution in [3.8, 4) is 6.07 Å². The molecule has 3 N–H and O–H groups in total. The fourth-order valence-electron chi connectivity index (χ4n) is 2.12. The highest BCUT2D eigenvalue weighted by molar-refractivity contribution is 5.97. The van der Waals surface area contributed by atoms with Crippen molar-refractivity contribution in [2.75, 3.05) is 11.9 Å². The van der Waals surface area contributed by atoms with Gasteiger partial charge in [-0.25, -0.2) is 0 Å². The van der Waals surface area contributed by atoms with Crippen LogP contribution in [0.25, 0.3) is 10.8 Å². The zero-order valence-corrected chi connectivity index (χ0v) is 13.0. The number of carboxylic acids is 1. The number of nitriles is 1. The molecule has 0 radical (unpaired) electrons. The van der Waals surface area contributed by atoms with Gasteiger partial charge in [-0.15, -0.1) is 0 Å². The lowest BCUT2D eigenvalue weighted by Crippen LogP contribution is -2.26. The summed E-state index contributed by atoms with van der Waals surface area (Å²) in [6, 6.07) is 15.4. The van der Waals surface area contributed by atoms with Gasteiger partial charge in [0.25, 0.3) is 5.91 Å². The lowest BCUT2D eigenvalue weighted by molar-refractivity contribution is -0.137. The van der Waals surface area contributed by atoms with E-state index in [2.05, 4.69) is 10.6 Å². The van der Waals surface area contributed by atoms with Gasteiger partial charge in [-0.05, 0) is 29.3 Å². The molecule has 0 saturated carbocycles. The van der Waals surface area contributed by atoms with Crippen LogP contribution in [0.4, 0.5) is 5.69 Å². The first-order valence-electron chi connectivity index (χ1n) is 7.46. The molecular formula is C18H17N3O3. The molecule has 0 bridgehead atoms. The maximum atomic E-state index is 11.9. The van der Waals surface area contributed by atoms with Gasteiger partial charge in [-0.3, -0.25) is 9.59 Å². The molecule has 1 amide bonds. The first kappa shape index (κ1) is 17.0. The van der Waals surface area contributed by atoms with E-state index < -0.39 is 11.9 Å². The third kappa shape index (κ3) is 4.85. The van der Waals surface area contributed by atoms with Crippen LogP contribution in [0, 0.1) is 11.3 Å². The summed E-state index contributed by atoms with van der Waals surface area (Å²) in [7, 11) is 0. The maximum absolute atomic E-state index is 11.9. The fraction of sp³-hybridized carbons (Fsp3) is 0.167. The van der Waals surface area contributed by atoms with Gasteiger partial charge in [0, 0.05) is 24.9 Å². The van der Waals surface area contributed by atoms with Gasteiger partial charge >= 0.3 is 5.97 Å². The SMILES string of the molecule is N#C/C(=C/Nc1ccc2ccccc2c1)C(=O)NCCCC(=O)O. The normalized spacial score (nSPS) is 10.9. The summed E-state index contributed by atoms with van der Waals surface area (Å²) in [5, 5.41) is 25.2. The average molecular weight is 323 g/mol. The second kappa shape index (κ2) is 8.34. The lowest BCUT2D eigenvalue weighted by atomic mass is 10.1. The number of benzene rings is 2. The summed E-state index contributed by atoms with van der Waals surface area (Å²) in [5.74, 6) is -1.45. The second-order valence-corrected chi connectivity index (χ2v) is 5.13. The van der Waals surface area contributed by atoms with Gasteiger partial charge in [-0.1, -0.05) is 30.3 Å². The largest absolute Gasteiger partial charge is 0.481 e. The first-order valence-corrected chi connectivity index (χ1v) is 7.46. The van der Waals surface area contributed by atoms with Crippen molar-refractivity contribution in [2.45, 2.75) is 12.8 Å². The zero-order valence-electron chi connectivity index (χ0n) is 13.0. The Labute approximate surface area is 139 Å². The highest BCUT2D eigenvalue weighted by Crippen LogP contribution is 2.18. The Bertz CT molecular complexity index is 822. The topological polar surface area (TPSA) is 102 Å². The quantitative estimate of drug-likeness (QED) is 0.413. The molecule has 6 heteroatoms. The molecule has 0 atom stereocenters. The van der Waals surface area contributed by atoms with E-state index in [9.17, 15) is 9.59 Å². The van der Waals surface area contributed by atoms with Crippen LogP contribution in [-0.2, 0) is 9.59 Å². The Morgan fingerprint density at radius 3 is 2.62 bits per heavy atom. The molecule has 0 heterocycles. The highest BCUT2D eigenvalue weighted by Gasteiger charge is 2.08. The summed E-state index contributed by atoms with van der Waals surface area (Å²) >= 11 is 0. The molecule has 0 aliphatic carbocycles. The Morgan fingerprint density at radius 2 is 1.92 bits per heavy atom. The van der Waals surface area contributed by atoms with Gasteiger partial charge in [0.05, 0.1) is 0 Å². The van der Waals surface area contributed by atoms with E-state index in [4.69, 9.17) is 10.4 Å². The minimum Gasteiger partial charge on any atom is -0.481 e. The predicted octanol–water partition coefficient (Wildman–Crippen LogP) is 2.64. The number of aliphatic carboxylic acids is 1. The highest BCUT2D eigenvalue weighted by atomic mass is 16.4. The summed E-state index contributed by atoms with van der Waals surface area (Å²) in [5.41, 5.74) is 0.693. The Balaban J connectivity index is 1.97. The van der Waals surface area contributed by atoms with Crippen molar-refractivity contribution in [2.24, 2.45) is 0 Å². The number of nitrogens with zero attached hydrogens (tertiary/aromatic N) is 1. The van der Waals surface area contributed by atoms with Gasteiger partial charge < -0.3 is 15.7 Å². The molecule has 0 fully saturated rings. The summed E-state index contributed by atoms with van der Waals surface area (Å²) < 4.78 is 0. The van der Waals surface area contributed by atoms with Crippen LogP contribution in [0.15, 0.2) is 54.2 Å². The lowest BCUT2D eigenvalue weighted by Gasteiger charge is -2.05. The third-order valence-electron chi connectivity index (χ3n) is 3.35. The summed E-state index contributed by atoms with van der Waals surface area (Å²) in [4.78, 5) is 22.3. The molecule has 0 aromatic heterocycles. The molecule has 2 aromatic carbocycles. The van der Waals surface area contributed by atoms with Crippen LogP contribution >= 0.6 is 0 Å². The summed E-state index contributed by atoms with van der Waals surface area (Å²) in [6.07, 6.45) is 1.63. The van der Waals surface area contributed by atoms with Crippen molar-refractivity contribution in [3.05, 3.63) is 54.2 Å². The van der Waals surface area contributed by atoms with Crippen LogP contribution in [0.5, 0.6) is 0 Å². The number of anilines is 1. The smallest absolute Gasteiger partial charge is 0.303 e. The fourth-order valence-corrected chi connectivity index (χ4v) is 2.12. The van der Waals surface area contributed by atoms with Gasteiger partial charge in [0.15, 0.2) is 0 Å². The number of fused-ring (bicyclic) bond motifs is 1. The van der Waals surface area contributed by atoms with E-state index in [1.165, 1.54) is 6.20 Å². The van der Waals surface area contributed by atoms with Gasteiger partial charge in [0.2, 0.25) is 0 Å². The predicted molar refractivity (Wildman–Crippen MR) is 91.1 cm³/mol. The average Bonchev–Trinajstić information content (AvgIpc) is 2.59. The molecule has 24 heavy (non-hydrogen) atoms. The van der Waals surface area contributed by atoms with Crippen LogP contribution in [0.2, 0.25) is 0 Å². The van der Waals surface area contributed by atoms with Crippen LogP contribution in [0.3, 0.4) is 0 Å². The van der Waals surface area contributed by atoms with Crippen molar-refractivity contribution in [1.82, 2.24) is 5.32 Å². The Hall–Kier alpha value is -3.33. The van der Waals surface area contributed by atoms with E-state index in [-0.39, 0.29) is 18.5 Å². The standard InChI is InChI=1S/C18H17N3O3/c19-11-15(18(24)20-9-3-6-17(22)23)12-21-16-8-7-13-4-1-2-5-14(13)10-16/h1-2,4-5,7-8,10,12,21H,3,6,9H2,(H,20,24)(H,22,23)/b15-12-. The number of carbonyl (C=O) groups is 2. The molecule has 0 aliphatic heterocycles. The van der Waals surface area contributed by atoms with Crippen molar-refractivity contribution >= 4 is 28.3 Å². The summed E-state index contributed by atoms with van der Waals surface area (Å²) in [6.45, 7) is 0.208. The number of hydrogen-bond acceptors (Lipinski definition) is 4. The molecule has 0 aliphatic rings. The monoisotopic (exact) mass is 323 g/mol. The molecule has 0 saturated heterocycles. The minimum absolute atomic E-state index is 0.0266. The van der Waals surface area contributed by atoms with Crippen LogP contribution < -0.4 is 10.6 Å². The Kier molecular flexibility index (Phi) is 5.92. The molecule has 2 aromatic rings. The zero-order chi connectivity index (χ0) is 17.4. The molecule has 0 unspecified atom stereocenters. The number of rotatable bonds is 7. The number of nitrogens with one attached hydrogen (secondary N) is 2. The second-order valence-electron chi connectivity index (χ2n) is 5.13. The molecule has 122 valence electrons. The number of carboxylic acid groups (broad SMARTS) is 1. The molecule has 6 nitrogen and oxygen atoms in total. The number of amides is 1. The minimum atomic E-state index is -0.918. The van der Waals surface area contributed by atoms with E-state index in [1.54, 1.807) is 0 Å². The molecule has 2 rings (SSSR count).